The summed E-state index contributed by atoms with van der Waals surface area (Å²) in [4.78, 5) is 0. The van der Waals surface area contributed by atoms with Crippen LogP contribution in [0.15, 0.2) is 24.3 Å². The SMILES string of the molecule is CC(C)C(C#N)C1(c2ccc(F)cc2)COC1. The van der Waals surface area contributed by atoms with Crippen molar-refractivity contribution in [1.29, 1.82) is 5.26 Å². The van der Waals surface area contributed by atoms with E-state index in [1.807, 2.05) is 13.8 Å². The van der Waals surface area contributed by atoms with Gasteiger partial charge in [0.05, 0.1) is 30.6 Å². The van der Waals surface area contributed by atoms with Crippen LogP contribution in [0.1, 0.15) is 19.4 Å². The molecule has 1 unspecified atom stereocenters. The molecular formula is C14H16FNO. The molecule has 2 nitrogen and oxygen atoms in total. The predicted molar refractivity (Wildman–Crippen MR) is 62.8 cm³/mol. The molecular weight excluding hydrogens is 217 g/mol. The minimum atomic E-state index is -0.253. The lowest BCUT2D eigenvalue weighted by Gasteiger charge is -2.46. The first-order valence-electron chi connectivity index (χ1n) is 5.83. The van der Waals surface area contributed by atoms with Gasteiger partial charge in [-0.25, -0.2) is 4.39 Å². The molecule has 0 aromatic heterocycles. The minimum Gasteiger partial charge on any atom is -0.379 e. The van der Waals surface area contributed by atoms with Crippen molar-refractivity contribution < 1.29 is 9.13 Å². The third kappa shape index (κ3) is 1.94. The Hall–Kier alpha value is -1.40. The van der Waals surface area contributed by atoms with Crippen LogP contribution in [0.3, 0.4) is 0 Å². The predicted octanol–water partition coefficient (Wildman–Crippen LogP) is 2.89. The van der Waals surface area contributed by atoms with Gasteiger partial charge in [-0.15, -0.1) is 0 Å². The minimum absolute atomic E-state index is 0.0956. The van der Waals surface area contributed by atoms with Crippen LogP contribution in [-0.4, -0.2) is 13.2 Å². The van der Waals surface area contributed by atoms with Crippen molar-refractivity contribution in [3.8, 4) is 6.07 Å². The molecule has 3 heteroatoms. The van der Waals surface area contributed by atoms with Crippen molar-refractivity contribution in [3.63, 3.8) is 0 Å². The van der Waals surface area contributed by atoms with E-state index in [-0.39, 0.29) is 23.1 Å². The van der Waals surface area contributed by atoms with E-state index in [0.717, 1.165) is 5.56 Å². The summed E-state index contributed by atoms with van der Waals surface area (Å²) in [5, 5.41) is 9.33. The highest BCUT2D eigenvalue weighted by molar-refractivity contribution is 5.32. The number of rotatable bonds is 3. The standard InChI is InChI=1S/C14H16FNO/c1-10(2)13(7-16)14(8-17-9-14)11-3-5-12(15)6-4-11/h3-6,10,13H,8-9H2,1-2H3. The molecule has 0 bridgehead atoms. The van der Waals surface area contributed by atoms with Gasteiger partial charge in [0.25, 0.3) is 0 Å². The quantitative estimate of drug-likeness (QED) is 0.804. The van der Waals surface area contributed by atoms with Crippen LogP contribution in [0.4, 0.5) is 4.39 Å². The zero-order chi connectivity index (χ0) is 12.5. The number of halogens is 1. The van der Waals surface area contributed by atoms with Crippen molar-refractivity contribution in [2.24, 2.45) is 11.8 Å². The van der Waals surface area contributed by atoms with Crippen molar-refractivity contribution in [3.05, 3.63) is 35.6 Å². The zero-order valence-corrected chi connectivity index (χ0v) is 10.1. The normalized spacial score (nSPS) is 19.5. The lowest BCUT2D eigenvalue weighted by molar-refractivity contribution is -0.0877. The summed E-state index contributed by atoms with van der Waals surface area (Å²) in [6, 6.07) is 8.82. The Balaban J connectivity index is 2.38. The van der Waals surface area contributed by atoms with E-state index >= 15 is 0 Å². The van der Waals surface area contributed by atoms with Gasteiger partial charge in [-0.1, -0.05) is 26.0 Å². The Morgan fingerprint density at radius 1 is 1.29 bits per heavy atom. The number of hydrogen-bond donors (Lipinski definition) is 0. The number of benzene rings is 1. The average molecular weight is 233 g/mol. The lowest BCUT2D eigenvalue weighted by Crippen LogP contribution is -2.53. The summed E-state index contributed by atoms with van der Waals surface area (Å²) in [6.45, 7) is 5.18. The van der Waals surface area contributed by atoms with Crippen molar-refractivity contribution in [2.45, 2.75) is 19.3 Å². The molecule has 0 radical (unpaired) electrons. The second-order valence-corrected chi connectivity index (χ2v) is 5.01. The maximum atomic E-state index is 12.9. The number of nitrogens with zero attached hydrogens (tertiary/aromatic N) is 1. The highest BCUT2D eigenvalue weighted by atomic mass is 19.1. The molecule has 90 valence electrons. The molecule has 1 aliphatic rings. The molecule has 0 amide bonds. The monoisotopic (exact) mass is 233 g/mol. The van der Waals surface area contributed by atoms with Gasteiger partial charge < -0.3 is 4.74 Å². The molecule has 17 heavy (non-hydrogen) atoms. The van der Waals surface area contributed by atoms with E-state index in [0.29, 0.717) is 13.2 Å². The van der Waals surface area contributed by atoms with Gasteiger partial charge in [0.2, 0.25) is 0 Å². The highest BCUT2D eigenvalue weighted by Crippen LogP contribution is 2.42. The number of ether oxygens (including phenoxy) is 1. The van der Waals surface area contributed by atoms with Crippen LogP contribution in [0.5, 0.6) is 0 Å². The van der Waals surface area contributed by atoms with Crippen LogP contribution >= 0.6 is 0 Å². The summed E-state index contributed by atoms with van der Waals surface area (Å²) in [7, 11) is 0. The van der Waals surface area contributed by atoms with Gasteiger partial charge >= 0.3 is 0 Å². The molecule has 1 saturated heterocycles. The molecule has 0 aliphatic carbocycles. The molecule has 1 aromatic carbocycles. The fraction of sp³-hybridized carbons (Fsp3) is 0.500. The third-order valence-electron chi connectivity index (χ3n) is 3.54. The maximum absolute atomic E-state index is 12.9. The van der Waals surface area contributed by atoms with Crippen LogP contribution in [0, 0.1) is 29.0 Å². The van der Waals surface area contributed by atoms with Crippen molar-refractivity contribution in [1.82, 2.24) is 0 Å². The van der Waals surface area contributed by atoms with Gasteiger partial charge in [0, 0.05) is 0 Å². The van der Waals surface area contributed by atoms with E-state index in [1.54, 1.807) is 12.1 Å². The summed E-state index contributed by atoms with van der Waals surface area (Å²) >= 11 is 0. The maximum Gasteiger partial charge on any atom is 0.123 e. The second-order valence-electron chi connectivity index (χ2n) is 5.01. The average Bonchev–Trinajstić information content (AvgIpc) is 2.24. The second kappa shape index (κ2) is 4.46. The van der Waals surface area contributed by atoms with Gasteiger partial charge in [-0.05, 0) is 23.6 Å². The van der Waals surface area contributed by atoms with Crippen LogP contribution in [0.25, 0.3) is 0 Å². The highest BCUT2D eigenvalue weighted by Gasteiger charge is 2.48. The Labute approximate surface area is 101 Å². The number of nitriles is 1. The van der Waals surface area contributed by atoms with Gasteiger partial charge in [0.15, 0.2) is 0 Å². The number of hydrogen-bond acceptors (Lipinski definition) is 2. The van der Waals surface area contributed by atoms with Crippen LogP contribution < -0.4 is 0 Å². The fourth-order valence-corrected chi connectivity index (χ4v) is 2.54. The first-order valence-corrected chi connectivity index (χ1v) is 5.83. The Morgan fingerprint density at radius 2 is 1.88 bits per heavy atom. The first-order chi connectivity index (χ1) is 8.10. The van der Waals surface area contributed by atoms with E-state index < -0.39 is 0 Å². The van der Waals surface area contributed by atoms with Crippen molar-refractivity contribution in [2.75, 3.05) is 13.2 Å². The summed E-state index contributed by atoms with van der Waals surface area (Å²) in [6.07, 6.45) is 0. The van der Waals surface area contributed by atoms with Crippen molar-refractivity contribution >= 4 is 0 Å². The molecule has 0 N–H and O–H groups in total. The van der Waals surface area contributed by atoms with E-state index in [2.05, 4.69) is 6.07 Å². The molecule has 0 saturated carbocycles. The largest absolute Gasteiger partial charge is 0.379 e. The molecule has 1 fully saturated rings. The molecule has 1 atom stereocenters. The summed E-state index contributed by atoms with van der Waals surface area (Å²) in [5.41, 5.74) is 0.752. The molecule has 0 spiro atoms. The van der Waals surface area contributed by atoms with Gasteiger partial charge in [0.1, 0.15) is 5.82 Å². The van der Waals surface area contributed by atoms with E-state index in [9.17, 15) is 9.65 Å². The van der Waals surface area contributed by atoms with Crippen LogP contribution in [-0.2, 0) is 10.2 Å². The van der Waals surface area contributed by atoms with Crippen LogP contribution in [0.2, 0.25) is 0 Å². The topological polar surface area (TPSA) is 33.0 Å². The summed E-state index contributed by atoms with van der Waals surface area (Å²) < 4.78 is 18.3. The zero-order valence-electron chi connectivity index (χ0n) is 10.1. The Kier molecular flexibility index (Phi) is 3.17. The first kappa shape index (κ1) is 12.1. The molecule has 1 aromatic rings. The van der Waals surface area contributed by atoms with Gasteiger partial charge in [-0.3, -0.25) is 0 Å². The third-order valence-corrected chi connectivity index (χ3v) is 3.54. The molecule has 1 heterocycles. The fourth-order valence-electron chi connectivity index (χ4n) is 2.54. The van der Waals surface area contributed by atoms with Gasteiger partial charge in [-0.2, -0.15) is 5.26 Å². The smallest absolute Gasteiger partial charge is 0.123 e. The van der Waals surface area contributed by atoms with E-state index in [1.165, 1.54) is 12.1 Å². The lowest BCUT2D eigenvalue weighted by atomic mass is 9.65. The molecule has 1 aliphatic heterocycles. The Morgan fingerprint density at radius 3 is 2.24 bits per heavy atom. The molecule has 2 rings (SSSR count). The summed E-state index contributed by atoms with van der Waals surface area (Å²) in [5.74, 6) is -0.0853. The Bertz CT molecular complexity index is 429. The van der Waals surface area contributed by atoms with E-state index in [4.69, 9.17) is 4.74 Å².